The van der Waals surface area contributed by atoms with Crippen LogP contribution in [-0.2, 0) is 0 Å². The van der Waals surface area contributed by atoms with Crippen molar-refractivity contribution in [3.63, 3.8) is 0 Å². The molecule has 2 aromatic carbocycles. The van der Waals surface area contributed by atoms with Gasteiger partial charge in [0.1, 0.15) is 17.5 Å². The number of nitriles is 1. The second-order valence-corrected chi connectivity index (χ2v) is 6.76. The van der Waals surface area contributed by atoms with Gasteiger partial charge in [-0.2, -0.15) is 5.26 Å². The summed E-state index contributed by atoms with van der Waals surface area (Å²) in [4.78, 5) is 4.30. The van der Waals surface area contributed by atoms with Crippen LogP contribution in [0.2, 0.25) is 20.1 Å². The first-order valence-electron chi connectivity index (χ1n) is 7.02. The van der Waals surface area contributed by atoms with Crippen molar-refractivity contribution in [1.29, 1.82) is 5.26 Å². The van der Waals surface area contributed by atoms with Crippen molar-refractivity contribution in [2.75, 3.05) is 5.73 Å². The van der Waals surface area contributed by atoms with Crippen LogP contribution >= 0.6 is 46.4 Å². The van der Waals surface area contributed by atoms with Gasteiger partial charge in [0.2, 0.25) is 0 Å². The lowest BCUT2D eigenvalue weighted by Crippen LogP contribution is -2.00. The highest BCUT2D eigenvalue weighted by molar-refractivity contribution is 6.44. The van der Waals surface area contributed by atoms with Gasteiger partial charge in [0, 0.05) is 16.7 Å². The van der Waals surface area contributed by atoms with Crippen LogP contribution in [-0.4, -0.2) is 4.98 Å². The molecule has 7 heteroatoms. The Balaban J connectivity index is 2.28. The van der Waals surface area contributed by atoms with Gasteiger partial charge >= 0.3 is 0 Å². The van der Waals surface area contributed by atoms with Crippen LogP contribution in [0.4, 0.5) is 5.82 Å². The molecule has 1 heterocycles. The van der Waals surface area contributed by atoms with E-state index in [1.54, 1.807) is 42.5 Å². The van der Waals surface area contributed by atoms with Crippen molar-refractivity contribution in [1.82, 2.24) is 4.98 Å². The fraction of sp³-hybridized carbons (Fsp3) is 0. The summed E-state index contributed by atoms with van der Waals surface area (Å²) >= 11 is 24.5. The Hall–Kier alpha value is -1.96. The zero-order chi connectivity index (χ0) is 18.1. The van der Waals surface area contributed by atoms with Crippen molar-refractivity contribution in [2.45, 2.75) is 0 Å². The Labute approximate surface area is 164 Å². The van der Waals surface area contributed by atoms with E-state index in [9.17, 15) is 5.26 Å². The fourth-order valence-electron chi connectivity index (χ4n) is 2.41. The molecule has 0 saturated heterocycles. The summed E-state index contributed by atoms with van der Waals surface area (Å²) in [6.07, 6.45) is 0. The number of nitrogen functional groups attached to an aromatic ring is 1. The summed E-state index contributed by atoms with van der Waals surface area (Å²) in [7, 11) is 0. The number of pyridine rings is 1. The Morgan fingerprint density at radius 1 is 0.880 bits per heavy atom. The van der Waals surface area contributed by atoms with Gasteiger partial charge in [-0.3, -0.25) is 0 Å². The van der Waals surface area contributed by atoms with Gasteiger partial charge in [-0.05, 0) is 24.3 Å². The van der Waals surface area contributed by atoms with E-state index in [-0.39, 0.29) is 11.4 Å². The molecule has 1 aromatic heterocycles. The number of benzene rings is 2. The molecule has 25 heavy (non-hydrogen) atoms. The minimum atomic E-state index is 0.0946. The van der Waals surface area contributed by atoms with Gasteiger partial charge in [0.15, 0.2) is 0 Å². The highest BCUT2D eigenvalue weighted by Crippen LogP contribution is 2.38. The van der Waals surface area contributed by atoms with Gasteiger partial charge in [-0.1, -0.05) is 64.6 Å². The monoisotopic (exact) mass is 407 g/mol. The van der Waals surface area contributed by atoms with Crippen LogP contribution < -0.4 is 5.73 Å². The average molecular weight is 409 g/mol. The maximum Gasteiger partial charge on any atom is 0.142 e. The first kappa shape index (κ1) is 17.8. The first-order valence-corrected chi connectivity index (χ1v) is 8.54. The number of anilines is 1. The largest absolute Gasteiger partial charge is 0.383 e. The molecular formula is C18H9Cl4N3. The van der Waals surface area contributed by atoms with Crippen molar-refractivity contribution in [3.8, 4) is 28.5 Å². The molecule has 3 aromatic rings. The third-order valence-electron chi connectivity index (χ3n) is 3.62. The Kier molecular flexibility index (Phi) is 5.08. The first-order chi connectivity index (χ1) is 11.9. The average Bonchev–Trinajstić information content (AvgIpc) is 2.59. The highest BCUT2D eigenvalue weighted by atomic mass is 35.5. The summed E-state index contributed by atoms with van der Waals surface area (Å²) in [6, 6.07) is 14.1. The number of aromatic nitrogens is 1. The van der Waals surface area contributed by atoms with Gasteiger partial charge in [0.05, 0.1) is 25.8 Å². The number of hydrogen-bond donors (Lipinski definition) is 1. The number of nitrogens with zero attached hydrogens (tertiary/aromatic N) is 2. The van der Waals surface area contributed by atoms with E-state index >= 15 is 0 Å². The number of rotatable bonds is 2. The van der Waals surface area contributed by atoms with Crippen LogP contribution in [0, 0.1) is 11.3 Å². The molecule has 2 N–H and O–H groups in total. The van der Waals surface area contributed by atoms with Gasteiger partial charge in [-0.25, -0.2) is 4.98 Å². The Morgan fingerprint density at radius 3 is 2.32 bits per heavy atom. The van der Waals surface area contributed by atoms with Crippen LogP contribution in [0.5, 0.6) is 0 Å². The molecule has 0 aliphatic rings. The zero-order valence-electron chi connectivity index (χ0n) is 12.5. The van der Waals surface area contributed by atoms with Crippen LogP contribution in [0.3, 0.4) is 0 Å². The van der Waals surface area contributed by atoms with Crippen LogP contribution in [0.25, 0.3) is 22.4 Å². The molecule has 0 radical (unpaired) electrons. The molecule has 124 valence electrons. The van der Waals surface area contributed by atoms with Crippen molar-refractivity contribution in [3.05, 3.63) is 68.1 Å². The van der Waals surface area contributed by atoms with Crippen molar-refractivity contribution < 1.29 is 0 Å². The van der Waals surface area contributed by atoms with Crippen molar-refractivity contribution >= 4 is 52.2 Å². The zero-order valence-corrected chi connectivity index (χ0v) is 15.5. The predicted octanol–water partition coefficient (Wildman–Crippen LogP) is 6.48. The van der Waals surface area contributed by atoms with E-state index in [1.165, 1.54) is 0 Å². The Morgan fingerprint density at radius 2 is 1.64 bits per heavy atom. The summed E-state index contributed by atoms with van der Waals surface area (Å²) in [5.41, 5.74) is 8.62. The number of nitrogens with two attached hydrogens (primary N) is 1. The molecule has 0 atom stereocenters. The molecular weight excluding hydrogens is 400 g/mol. The smallest absolute Gasteiger partial charge is 0.142 e. The van der Waals surface area contributed by atoms with E-state index in [1.807, 2.05) is 0 Å². The van der Waals surface area contributed by atoms with Crippen molar-refractivity contribution in [2.24, 2.45) is 0 Å². The molecule has 0 bridgehead atoms. The summed E-state index contributed by atoms with van der Waals surface area (Å²) in [6.45, 7) is 0. The maximum atomic E-state index is 9.48. The fourth-order valence-corrected chi connectivity index (χ4v) is 3.11. The van der Waals surface area contributed by atoms with Crippen LogP contribution in [0.15, 0.2) is 42.5 Å². The second-order valence-electron chi connectivity index (χ2n) is 5.16. The molecule has 0 unspecified atom stereocenters. The van der Waals surface area contributed by atoms with E-state index in [4.69, 9.17) is 52.1 Å². The molecule has 0 amide bonds. The molecule has 0 saturated carbocycles. The molecule has 0 fully saturated rings. The number of hydrogen-bond acceptors (Lipinski definition) is 3. The normalized spacial score (nSPS) is 10.5. The van der Waals surface area contributed by atoms with E-state index in [0.29, 0.717) is 42.5 Å². The lowest BCUT2D eigenvalue weighted by molar-refractivity contribution is 1.31. The third-order valence-corrected chi connectivity index (χ3v) is 5.17. The van der Waals surface area contributed by atoms with Crippen LogP contribution in [0.1, 0.15) is 5.56 Å². The third kappa shape index (κ3) is 3.40. The number of halogens is 4. The molecule has 0 spiro atoms. The summed E-state index contributed by atoms with van der Waals surface area (Å²) in [5.74, 6) is 0.0946. The topological polar surface area (TPSA) is 62.7 Å². The molecule has 0 aliphatic carbocycles. The van der Waals surface area contributed by atoms with Gasteiger partial charge < -0.3 is 5.73 Å². The summed E-state index contributed by atoms with van der Waals surface area (Å²) in [5, 5.41) is 11.0. The lowest BCUT2D eigenvalue weighted by Gasteiger charge is -2.12. The standard InChI is InChI=1S/C18H9Cl4N3/c19-13-5-4-9(6-15(13)21)16-7-11(12(8-23)18(24)25-16)10-2-1-3-14(20)17(10)22/h1-7H,(H2,24,25). The van der Waals surface area contributed by atoms with Gasteiger partial charge in [0.25, 0.3) is 0 Å². The van der Waals surface area contributed by atoms with E-state index < -0.39 is 0 Å². The van der Waals surface area contributed by atoms with Gasteiger partial charge in [-0.15, -0.1) is 0 Å². The summed E-state index contributed by atoms with van der Waals surface area (Å²) < 4.78 is 0. The predicted molar refractivity (Wildman–Crippen MR) is 104 cm³/mol. The quantitative estimate of drug-likeness (QED) is 0.527. The maximum absolute atomic E-state index is 9.48. The Bertz CT molecular complexity index is 1030. The minimum Gasteiger partial charge on any atom is -0.383 e. The molecule has 3 nitrogen and oxygen atoms in total. The van der Waals surface area contributed by atoms with E-state index in [0.717, 1.165) is 0 Å². The second kappa shape index (κ2) is 7.11. The minimum absolute atomic E-state index is 0.0946. The lowest BCUT2D eigenvalue weighted by atomic mass is 9.98. The SMILES string of the molecule is N#Cc1c(-c2cccc(Cl)c2Cl)cc(-c2ccc(Cl)c(Cl)c2)nc1N. The molecule has 0 aliphatic heterocycles. The molecule has 3 rings (SSSR count). The van der Waals surface area contributed by atoms with E-state index in [2.05, 4.69) is 11.1 Å². The highest BCUT2D eigenvalue weighted by Gasteiger charge is 2.17.